The number of hydrogen-bond donors (Lipinski definition) is 2. The van der Waals surface area contributed by atoms with E-state index in [1.54, 1.807) is 12.1 Å². The van der Waals surface area contributed by atoms with E-state index in [1.807, 2.05) is 30.3 Å². The van der Waals surface area contributed by atoms with Gasteiger partial charge in [-0.15, -0.1) is 0 Å². The fraction of sp³-hybridized carbons (Fsp3) is 0. The SMILES string of the molecule is NS(=O)(=O)c1ccccc1NS(=O)(=O)c1ccc(-c2cc3ccccc3o2)cc1. The van der Waals surface area contributed by atoms with Crippen molar-refractivity contribution in [2.45, 2.75) is 9.79 Å². The topological polar surface area (TPSA) is 119 Å². The van der Waals surface area contributed by atoms with E-state index >= 15 is 0 Å². The van der Waals surface area contributed by atoms with Crippen LogP contribution < -0.4 is 9.86 Å². The van der Waals surface area contributed by atoms with Gasteiger partial charge in [0, 0.05) is 10.9 Å². The van der Waals surface area contributed by atoms with Crippen molar-refractivity contribution in [3.8, 4) is 11.3 Å². The van der Waals surface area contributed by atoms with Crippen molar-refractivity contribution in [2.75, 3.05) is 4.72 Å². The van der Waals surface area contributed by atoms with Gasteiger partial charge >= 0.3 is 0 Å². The molecule has 0 aliphatic heterocycles. The third kappa shape index (κ3) is 3.88. The summed E-state index contributed by atoms with van der Waals surface area (Å²) >= 11 is 0. The Balaban J connectivity index is 1.65. The zero-order chi connectivity index (χ0) is 20.6. The fourth-order valence-electron chi connectivity index (χ4n) is 2.93. The summed E-state index contributed by atoms with van der Waals surface area (Å²) in [7, 11) is -8.10. The Morgan fingerprint density at radius 2 is 1.45 bits per heavy atom. The number of anilines is 1. The first-order valence-corrected chi connectivity index (χ1v) is 11.5. The van der Waals surface area contributed by atoms with Crippen LogP contribution in [0.2, 0.25) is 0 Å². The highest BCUT2D eigenvalue weighted by molar-refractivity contribution is 7.93. The van der Waals surface area contributed by atoms with Gasteiger partial charge in [-0.25, -0.2) is 22.0 Å². The molecule has 29 heavy (non-hydrogen) atoms. The highest BCUT2D eigenvalue weighted by atomic mass is 32.2. The van der Waals surface area contributed by atoms with Crippen LogP contribution in [0.5, 0.6) is 0 Å². The van der Waals surface area contributed by atoms with Crippen LogP contribution >= 0.6 is 0 Å². The van der Waals surface area contributed by atoms with Gasteiger partial charge in [0.2, 0.25) is 10.0 Å². The van der Waals surface area contributed by atoms with Gasteiger partial charge in [0.05, 0.1) is 10.6 Å². The number of sulfonamides is 2. The zero-order valence-electron chi connectivity index (χ0n) is 14.9. The molecule has 7 nitrogen and oxygen atoms in total. The van der Waals surface area contributed by atoms with Crippen LogP contribution in [0.1, 0.15) is 0 Å². The van der Waals surface area contributed by atoms with Crippen LogP contribution in [-0.2, 0) is 20.0 Å². The van der Waals surface area contributed by atoms with Gasteiger partial charge in [0.25, 0.3) is 10.0 Å². The van der Waals surface area contributed by atoms with Crippen molar-refractivity contribution >= 4 is 36.7 Å². The number of primary sulfonamides is 1. The molecule has 148 valence electrons. The molecule has 0 aliphatic rings. The Kier molecular flexibility index (Phi) is 4.65. The Morgan fingerprint density at radius 1 is 0.793 bits per heavy atom. The molecule has 0 atom stereocenters. The lowest BCUT2D eigenvalue weighted by Crippen LogP contribution is -2.18. The molecule has 3 aromatic carbocycles. The number of nitrogens with one attached hydrogen (secondary N) is 1. The average molecular weight is 428 g/mol. The van der Waals surface area contributed by atoms with Crippen LogP contribution in [0, 0.1) is 0 Å². The summed E-state index contributed by atoms with van der Waals surface area (Å²) in [4.78, 5) is -0.330. The molecule has 0 unspecified atom stereocenters. The number of rotatable bonds is 5. The summed E-state index contributed by atoms with van der Waals surface area (Å²) in [6.45, 7) is 0. The monoisotopic (exact) mass is 428 g/mol. The maximum Gasteiger partial charge on any atom is 0.261 e. The van der Waals surface area contributed by atoms with Crippen molar-refractivity contribution in [3.05, 3.63) is 78.9 Å². The summed E-state index contributed by atoms with van der Waals surface area (Å²) in [5.41, 5.74) is 1.34. The molecule has 0 amide bonds. The standard InChI is InChI=1S/C20H16N2O5S2/c21-28(23,24)20-8-4-2-6-17(20)22-29(25,26)16-11-9-14(10-12-16)19-13-15-5-1-3-7-18(15)27-19/h1-13,22H,(H2,21,23,24). The second kappa shape index (κ2) is 7.03. The van der Waals surface area contributed by atoms with Crippen molar-refractivity contribution in [1.29, 1.82) is 0 Å². The minimum absolute atomic E-state index is 0.0263. The highest BCUT2D eigenvalue weighted by Gasteiger charge is 2.20. The van der Waals surface area contributed by atoms with E-state index in [4.69, 9.17) is 9.56 Å². The molecule has 9 heteroatoms. The van der Waals surface area contributed by atoms with Gasteiger partial charge in [-0.05, 0) is 48.5 Å². The second-order valence-electron chi connectivity index (χ2n) is 6.32. The molecule has 0 radical (unpaired) electrons. The molecule has 1 heterocycles. The van der Waals surface area contributed by atoms with E-state index in [1.165, 1.54) is 36.4 Å². The van der Waals surface area contributed by atoms with E-state index in [2.05, 4.69) is 4.72 Å². The number of para-hydroxylation sites is 2. The van der Waals surface area contributed by atoms with E-state index in [-0.39, 0.29) is 15.5 Å². The van der Waals surface area contributed by atoms with Crippen LogP contribution in [0.4, 0.5) is 5.69 Å². The van der Waals surface area contributed by atoms with Crippen LogP contribution in [0.3, 0.4) is 0 Å². The van der Waals surface area contributed by atoms with Gasteiger partial charge in [0.1, 0.15) is 16.2 Å². The molecule has 0 saturated heterocycles. The van der Waals surface area contributed by atoms with E-state index in [0.29, 0.717) is 11.3 Å². The first-order valence-electron chi connectivity index (χ1n) is 8.48. The molecule has 0 aliphatic carbocycles. The first kappa shape index (κ1) is 19.2. The van der Waals surface area contributed by atoms with Crippen LogP contribution in [0.25, 0.3) is 22.3 Å². The third-order valence-corrected chi connectivity index (χ3v) is 6.66. The number of fused-ring (bicyclic) bond motifs is 1. The lowest BCUT2D eigenvalue weighted by atomic mass is 10.1. The van der Waals surface area contributed by atoms with E-state index in [9.17, 15) is 16.8 Å². The zero-order valence-corrected chi connectivity index (χ0v) is 16.6. The smallest absolute Gasteiger partial charge is 0.261 e. The summed E-state index contributed by atoms with van der Waals surface area (Å²) in [6, 6.07) is 21.1. The fourth-order valence-corrected chi connectivity index (χ4v) is 4.76. The number of nitrogens with two attached hydrogens (primary N) is 1. The van der Waals surface area contributed by atoms with Gasteiger partial charge in [-0.3, -0.25) is 4.72 Å². The third-order valence-electron chi connectivity index (χ3n) is 4.31. The molecule has 0 bridgehead atoms. The quantitative estimate of drug-likeness (QED) is 0.504. The van der Waals surface area contributed by atoms with Crippen molar-refractivity contribution in [3.63, 3.8) is 0 Å². The van der Waals surface area contributed by atoms with E-state index < -0.39 is 20.0 Å². The Morgan fingerprint density at radius 3 is 2.14 bits per heavy atom. The van der Waals surface area contributed by atoms with Crippen LogP contribution in [0.15, 0.2) is 93.1 Å². The Labute approximate surface area is 167 Å². The molecule has 0 fully saturated rings. The highest BCUT2D eigenvalue weighted by Crippen LogP contribution is 2.29. The number of benzene rings is 3. The van der Waals surface area contributed by atoms with Crippen molar-refractivity contribution < 1.29 is 21.3 Å². The normalized spacial score (nSPS) is 12.2. The molecular formula is C20H16N2O5S2. The Bertz CT molecular complexity index is 1370. The average Bonchev–Trinajstić information content (AvgIpc) is 3.12. The Hall–Kier alpha value is -3.14. The number of hydrogen-bond acceptors (Lipinski definition) is 5. The van der Waals surface area contributed by atoms with Crippen molar-refractivity contribution in [1.82, 2.24) is 0 Å². The predicted molar refractivity (Wildman–Crippen MR) is 110 cm³/mol. The second-order valence-corrected chi connectivity index (χ2v) is 9.53. The first-order chi connectivity index (χ1) is 13.7. The maximum atomic E-state index is 12.7. The van der Waals surface area contributed by atoms with Gasteiger partial charge in [0.15, 0.2) is 0 Å². The van der Waals surface area contributed by atoms with Gasteiger partial charge in [-0.2, -0.15) is 0 Å². The summed E-state index contributed by atoms with van der Waals surface area (Å²) in [5, 5.41) is 6.10. The minimum atomic E-state index is -4.08. The summed E-state index contributed by atoms with van der Waals surface area (Å²) in [5.74, 6) is 0.614. The molecule has 1 aromatic heterocycles. The molecular weight excluding hydrogens is 412 g/mol. The lowest BCUT2D eigenvalue weighted by Gasteiger charge is -2.11. The summed E-state index contributed by atoms with van der Waals surface area (Å²) < 4.78 is 56.8. The molecule has 4 rings (SSSR count). The molecule has 0 saturated carbocycles. The molecule has 4 aromatic rings. The number of furan rings is 1. The predicted octanol–water partition coefficient (Wildman–Crippen LogP) is 3.55. The van der Waals surface area contributed by atoms with Gasteiger partial charge < -0.3 is 4.42 Å². The summed E-state index contributed by atoms with van der Waals surface area (Å²) in [6.07, 6.45) is 0. The molecule has 0 spiro atoms. The maximum absolute atomic E-state index is 12.7. The lowest BCUT2D eigenvalue weighted by molar-refractivity contribution is 0.598. The van der Waals surface area contributed by atoms with Crippen molar-refractivity contribution in [2.24, 2.45) is 5.14 Å². The van der Waals surface area contributed by atoms with Crippen LogP contribution in [-0.4, -0.2) is 16.8 Å². The molecule has 3 N–H and O–H groups in total. The van der Waals surface area contributed by atoms with E-state index in [0.717, 1.165) is 11.0 Å². The largest absolute Gasteiger partial charge is 0.456 e. The van der Waals surface area contributed by atoms with Gasteiger partial charge in [-0.1, -0.05) is 30.3 Å². The minimum Gasteiger partial charge on any atom is -0.456 e.